The topological polar surface area (TPSA) is 57.6 Å². The van der Waals surface area contributed by atoms with Gasteiger partial charge in [0.25, 0.3) is 5.91 Å². The number of carbonyl (C=O) groups is 2. The van der Waals surface area contributed by atoms with E-state index in [1.54, 1.807) is 4.90 Å². The number of nitrogens with zero attached hydrogens (tertiary/aromatic N) is 1. The molecule has 0 spiro atoms. The third kappa shape index (κ3) is 2.99. The molecule has 0 aromatic carbocycles. The van der Waals surface area contributed by atoms with Crippen LogP contribution in [0.25, 0.3) is 0 Å². The molecule has 0 bridgehead atoms. The third-order valence-corrected chi connectivity index (χ3v) is 4.19. The van der Waals surface area contributed by atoms with E-state index in [4.69, 9.17) is 0 Å². The molecular weight excluding hydrogens is 242 g/mol. The maximum absolute atomic E-state index is 12.1. The average Bonchev–Trinajstić information content (AvgIpc) is 2.74. The molecule has 4 nitrogen and oxygen atoms in total. The first-order chi connectivity index (χ1) is 9.15. The first-order valence-corrected chi connectivity index (χ1v) is 7.41. The van der Waals surface area contributed by atoms with Gasteiger partial charge in [0, 0.05) is 12.5 Å². The van der Waals surface area contributed by atoms with Gasteiger partial charge >= 0.3 is 0 Å². The SMILES string of the molecule is CCCCC(=O)C1=C(O)C(=O)N(C2CCCCC2)C1. The highest BCUT2D eigenvalue weighted by Gasteiger charge is 2.37. The zero-order chi connectivity index (χ0) is 13.8. The van der Waals surface area contributed by atoms with Crippen molar-refractivity contribution in [3.63, 3.8) is 0 Å². The monoisotopic (exact) mass is 265 g/mol. The summed E-state index contributed by atoms with van der Waals surface area (Å²) in [6.07, 6.45) is 7.67. The number of carbonyl (C=O) groups excluding carboxylic acids is 2. The molecule has 4 heteroatoms. The van der Waals surface area contributed by atoms with Gasteiger partial charge in [-0.25, -0.2) is 0 Å². The van der Waals surface area contributed by atoms with E-state index < -0.39 is 0 Å². The van der Waals surface area contributed by atoms with Crippen molar-refractivity contribution < 1.29 is 14.7 Å². The molecular formula is C15H23NO3. The Labute approximate surface area is 114 Å². The molecule has 0 saturated heterocycles. The van der Waals surface area contributed by atoms with Crippen molar-refractivity contribution in [2.75, 3.05) is 6.54 Å². The second-order valence-corrected chi connectivity index (χ2v) is 5.58. The number of unbranched alkanes of at least 4 members (excludes halogenated alkanes) is 1. The van der Waals surface area contributed by atoms with E-state index in [2.05, 4.69) is 0 Å². The van der Waals surface area contributed by atoms with E-state index >= 15 is 0 Å². The molecule has 1 amide bonds. The molecule has 1 fully saturated rings. The minimum Gasteiger partial charge on any atom is -0.503 e. The van der Waals surface area contributed by atoms with Crippen LogP contribution < -0.4 is 0 Å². The molecule has 2 rings (SSSR count). The van der Waals surface area contributed by atoms with Gasteiger partial charge < -0.3 is 10.0 Å². The average molecular weight is 265 g/mol. The predicted molar refractivity (Wildman–Crippen MR) is 72.8 cm³/mol. The Kier molecular flexibility index (Phi) is 4.61. The zero-order valence-electron chi connectivity index (χ0n) is 11.7. The predicted octanol–water partition coefficient (Wildman–Crippen LogP) is 2.73. The highest BCUT2D eigenvalue weighted by molar-refractivity contribution is 6.07. The zero-order valence-corrected chi connectivity index (χ0v) is 11.7. The minimum atomic E-state index is -0.341. The number of rotatable bonds is 5. The summed E-state index contributed by atoms with van der Waals surface area (Å²) in [5, 5.41) is 9.90. The molecule has 1 aliphatic heterocycles. The lowest BCUT2D eigenvalue weighted by molar-refractivity contribution is -0.130. The Hall–Kier alpha value is -1.32. The second kappa shape index (κ2) is 6.22. The largest absolute Gasteiger partial charge is 0.503 e. The summed E-state index contributed by atoms with van der Waals surface area (Å²) in [7, 11) is 0. The van der Waals surface area contributed by atoms with Crippen molar-refractivity contribution in [2.45, 2.75) is 64.3 Å². The van der Waals surface area contributed by atoms with Crippen LogP contribution in [-0.4, -0.2) is 34.3 Å². The number of ketones is 1. The highest BCUT2D eigenvalue weighted by atomic mass is 16.3. The van der Waals surface area contributed by atoms with Crippen molar-refractivity contribution in [1.29, 1.82) is 0 Å². The van der Waals surface area contributed by atoms with Gasteiger partial charge in [-0.15, -0.1) is 0 Å². The Balaban J connectivity index is 2.02. The van der Waals surface area contributed by atoms with Crippen molar-refractivity contribution >= 4 is 11.7 Å². The summed E-state index contributed by atoms with van der Waals surface area (Å²) < 4.78 is 0. The van der Waals surface area contributed by atoms with E-state index in [1.807, 2.05) is 6.92 Å². The molecule has 1 heterocycles. The van der Waals surface area contributed by atoms with Crippen LogP contribution in [0.5, 0.6) is 0 Å². The van der Waals surface area contributed by atoms with Crippen LogP contribution in [-0.2, 0) is 9.59 Å². The van der Waals surface area contributed by atoms with Crippen LogP contribution >= 0.6 is 0 Å². The smallest absolute Gasteiger partial charge is 0.289 e. The number of Topliss-reactive ketones (excluding diaryl/α,β-unsaturated/α-hetero) is 1. The number of aliphatic hydroxyl groups excluding tert-OH is 1. The van der Waals surface area contributed by atoms with Gasteiger partial charge in [-0.3, -0.25) is 9.59 Å². The fourth-order valence-electron chi connectivity index (χ4n) is 2.98. The Morgan fingerprint density at radius 3 is 2.63 bits per heavy atom. The van der Waals surface area contributed by atoms with E-state index in [-0.39, 0.29) is 23.5 Å². The summed E-state index contributed by atoms with van der Waals surface area (Å²) in [6.45, 7) is 2.34. The molecule has 1 N–H and O–H groups in total. The standard InChI is InChI=1S/C15H23NO3/c1-2-3-9-13(17)12-10-16(15(19)14(12)18)11-7-5-4-6-8-11/h11,18H,2-10H2,1H3. The molecule has 19 heavy (non-hydrogen) atoms. The Morgan fingerprint density at radius 2 is 2.00 bits per heavy atom. The number of amides is 1. The lowest BCUT2D eigenvalue weighted by Crippen LogP contribution is -2.39. The highest BCUT2D eigenvalue weighted by Crippen LogP contribution is 2.29. The van der Waals surface area contributed by atoms with Crippen LogP contribution in [0.4, 0.5) is 0 Å². The lowest BCUT2D eigenvalue weighted by atomic mass is 9.94. The molecule has 0 radical (unpaired) electrons. The molecule has 0 aromatic rings. The molecule has 1 aliphatic carbocycles. The fraction of sp³-hybridized carbons (Fsp3) is 0.733. The summed E-state index contributed by atoms with van der Waals surface area (Å²) in [5.74, 6) is -0.704. The molecule has 0 aromatic heterocycles. The maximum atomic E-state index is 12.1. The molecule has 2 aliphatic rings. The first-order valence-electron chi connectivity index (χ1n) is 7.41. The third-order valence-electron chi connectivity index (χ3n) is 4.19. The lowest BCUT2D eigenvalue weighted by Gasteiger charge is -2.31. The van der Waals surface area contributed by atoms with Crippen LogP contribution in [0.15, 0.2) is 11.3 Å². The normalized spacial score (nSPS) is 21.3. The van der Waals surface area contributed by atoms with Gasteiger partial charge in [-0.05, 0) is 19.3 Å². The van der Waals surface area contributed by atoms with Crippen molar-refractivity contribution in [1.82, 2.24) is 4.90 Å². The van der Waals surface area contributed by atoms with Crippen molar-refractivity contribution in [2.24, 2.45) is 0 Å². The summed E-state index contributed by atoms with van der Waals surface area (Å²) in [4.78, 5) is 25.8. The quantitative estimate of drug-likeness (QED) is 0.831. The number of hydrogen-bond acceptors (Lipinski definition) is 3. The van der Waals surface area contributed by atoms with E-state index in [1.165, 1.54) is 6.42 Å². The van der Waals surface area contributed by atoms with Crippen molar-refractivity contribution in [3.8, 4) is 0 Å². The molecule has 0 atom stereocenters. The summed E-state index contributed by atoms with van der Waals surface area (Å²) in [6, 6.07) is 0.208. The van der Waals surface area contributed by atoms with Crippen LogP contribution in [0, 0.1) is 0 Å². The molecule has 1 saturated carbocycles. The van der Waals surface area contributed by atoms with Crippen LogP contribution in [0.3, 0.4) is 0 Å². The van der Waals surface area contributed by atoms with Gasteiger partial charge in [0.2, 0.25) is 0 Å². The van der Waals surface area contributed by atoms with Gasteiger partial charge in [0.05, 0.1) is 12.1 Å². The molecule has 106 valence electrons. The molecule has 0 unspecified atom stereocenters. The summed E-state index contributed by atoms with van der Waals surface area (Å²) >= 11 is 0. The van der Waals surface area contributed by atoms with E-state index in [9.17, 15) is 14.7 Å². The van der Waals surface area contributed by atoms with Crippen LogP contribution in [0.2, 0.25) is 0 Å². The fourth-order valence-corrected chi connectivity index (χ4v) is 2.98. The Bertz CT molecular complexity index is 394. The first kappa shape index (κ1) is 14.1. The van der Waals surface area contributed by atoms with Crippen molar-refractivity contribution in [3.05, 3.63) is 11.3 Å². The maximum Gasteiger partial charge on any atom is 0.289 e. The minimum absolute atomic E-state index is 0.0639. The van der Waals surface area contributed by atoms with E-state index in [0.717, 1.165) is 38.5 Å². The number of aliphatic hydroxyl groups is 1. The summed E-state index contributed by atoms with van der Waals surface area (Å²) in [5.41, 5.74) is 0.337. The number of hydrogen-bond donors (Lipinski definition) is 1. The second-order valence-electron chi connectivity index (χ2n) is 5.58. The van der Waals surface area contributed by atoms with E-state index in [0.29, 0.717) is 18.5 Å². The Morgan fingerprint density at radius 1 is 1.32 bits per heavy atom. The van der Waals surface area contributed by atoms with Gasteiger partial charge in [0.15, 0.2) is 11.5 Å². The van der Waals surface area contributed by atoms with Gasteiger partial charge in [-0.2, -0.15) is 0 Å². The van der Waals surface area contributed by atoms with Gasteiger partial charge in [0.1, 0.15) is 0 Å². The van der Waals surface area contributed by atoms with Crippen LogP contribution in [0.1, 0.15) is 58.3 Å². The van der Waals surface area contributed by atoms with Gasteiger partial charge in [-0.1, -0.05) is 32.6 Å².